The normalized spacial score (nSPS) is 15.7. The average molecular weight is 602 g/mol. The molecule has 44 heavy (non-hydrogen) atoms. The van der Waals surface area contributed by atoms with Gasteiger partial charge in [-0.1, -0.05) is 36.4 Å². The van der Waals surface area contributed by atoms with E-state index in [1.54, 1.807) is 29.6 Å². The molecule has 0 N–H and O–H groups in total. The van der Waals surface area contributed by atoms with Gasteiger partial charge in [0.2, 0.25) is 6.79 Å². The lowest BCUT2D eigenvalue weighted by atomic mass is 10.0. The summed E-state index contributed by atoms with van der Waals surface area (Å²) >= 11 is 1.32. The largest absolute Gasteiger partial charge is 0.456 e. The van der Waals surface area contributed by atoms with Crippen LogP contribution in [0.1, 0.15) is 65.0 Å². The number of fused-ring (bicyclic) bond motifs is 4. The molecular weight excluding hydrogens is 578 g/mol. The number of esters is 1. The number of carbonyl (C=O) groups is 3. The van der Waals surface area contributed by atoms with Crippen LogP contribution in [0.5, 0.6) is 11.5 Å². The van der Waals surface area contributed by atoms with Gasteiger partial charge in [-0.2, -0.15) is 0 Å². The number of rotatable bonds is 6. The Morgan fingerprint density at radius 3 is 2.55 bits per heavy atom. The molecule has 0 radical (unpaired) electrons. The first-order valence-electron chi connectivity index (χ1n) is 14.1. The second-order valence-electron chi connectivity index (χ2n) is 10.7. The summed E-state index contributed by atoms with van der Waals surface area (Å²) in [5.41, 5.74) is 6.25. The number of amides is 2. The maximum absolute atomic E-state index is 13.7. The molecule has 2 aromatic heterocycles. The Hall–Kier alpha value is -5.35. The van der Waals surface area contributed by atoms with Crippen molar-refractivity contribution in [1.29, 1.82) is 0 Å². The summed E-state index contributed by atoms with van der Waals surface area (Å²) in [6.45, 7) is 0.237. The number of aromatic nitrogens is 2. The highest BCUT2D eigenvalue weighted by molar-refractivity contribution is 7.09. The summed E-state index contributed by atoms with van der Waals surface area (Å²) in [6, 6.07) is 20.2. The van der Waals surface area contributed by atoms with Gasteiger partial charge in [-0.25, -0.2) is 14.8 Å². The van der Waals surface area contributed by atoms with Crippen LogP contribution in [-0.2, 0) is 24.3 Å². The van der Waals surface area contributed by atoms with Gasteiger partial charge in [0.25, 0.3) is 11.8 Å². The number of allylic oxidation sites excluding steroid dienone is 1. The summed E-state index contributed by atoms with van der Waals surface area (Å²) in [7, 11) is 0. The van der Waals surface area contributed by atoms with Gasteiger partial charge >= 0.3 is 5.97 Å². The van der Waals surface area contributed by atoms with Crippen molar-refractivity contribution < 1.29 is 28.6 Å². The maximum atomic E-state index is 13.7. The molecule has 3 aliphatic rings. The van der Waals surface area contributed by atoms with Crippen LogP contribution in [0.3, 0.4) is 0 Å². The molecule has 2 aliphatic heterocycles. The Balaban J connectivity index is 1.03. The number of benzene rings is 3. The fraction of sp³-hybridized carbons (Fsp3) is 0.147. The fourth-order valence-electron chi connectivity index (χ4n) is 5.93. The van der Waals surface area contributed by atoms with Crippen molar-refractivity contribution in [2.24, 2.45) is 0 Å². The van der Waals surface area contributed by atoms with Crippen molar-refractivity contribution in [3.8, 4) is 11.5 Å². The molecule has 0 fully saturated rings. The number of hydrogen-bond acceptors (Lipinski definition) is 9. The number of para-hydroxylation sites is 1. The SMILES string of the molecule is O=C(OCc1csc(CN2C(=O)c3ccccc3C2=O)n1)c1c2c(nc3ccccc13)/C(=C\c1ccc3c(c1)OCO3)CC2. The number of pyridine rings is 1. The predicted molar refractivity (Wildman–Crippen MR) is 162 cm³/mol. The van der Waals surface area contributed by atoms with E-state index in [9.17, 15) is 14.4 Å². The number of ether oxygens (including phenoxy) is 3. The molecule has 0 spiro atoms. The van der Waals surface area contributed by atoms with Crippen LogP contribution in [0, 0.1) is 0 Å². The highest BCUT2D eigenvalue weighted by atomic mass is 32.1. The van der Waals surface area contributed by atoms with Crippen LogP contribution in [-0.4, -0.2) is 39.4 Å². The zero-order valence-electron chi connectivity index (χ0n) is 23.2. The average Bonchev–Trinajstić information content (AvgIpc) is 3.84. The van der Waals surface area contributed by atoms with Gasteiger partial charge in [0, 0.05) is 10.8 Å². The van der Waals surface area contributed by atoms with E-state index < -0.39 is 5.97 Å². The van der Waals surface area contributed by atoms with Gasteiger partial charge in [0.15, 0.2) is 11.5 Å². The lowest BCUT2D eigenvalue weighted by Crippen LogP contribution is -2.29. The van der Waals surface area contributed by atoms with E-state index in [0.717, 1.165) is 40.0 Å². The van der Waals surface area contributed by atoms with Crippen LogP contribution >= 0.6 is 11.3 Å². The maximum Gasteiger partial charge on any atom is 0.339 e. The molecule has 0 bridgehead atoms. The molecule has 9 nitrogen and oxygen atoms in total. The van der Waals surface area contributed by atoms with Crippen molar-refractivity contribution in [3.63, 3.8) is 0 Å². The molecule has 2 amide bonds. The van der Waals surface area contributed by atoms with Crippen LogP contribution in [0.4, 0.5) is 0 Å². The van der Waals surface area contributed by atoms with E-state index in [2.05, 4.69) is 11.1 Å². The van der Waals surface area contributed by atoms with Gasteiger partial charge in [-0.05, 0) is 65.9 Å². The fourth-order valence-corrected chi connectivity index (χ4v) is 6.70. The van der Waals surface area contributed by atoms with E-state index in [-0.39, 0.29) is 31.8 Å². The lowest BCUT2D eigenvalue weighted by molar-refractivity contribution is 0.0469. The van der Waals surface area contributed by atoms with Crippen LogP contribution in [0.15, 0.2) is 72.1 Å². The highest BCUT2D eigenvalue weighted by Gasteiger charge is 2.35. The predicted octanol–water partition coefficient (Wildman–Crippen LogP) is 6.06. The molecule has 0 saturated carbocycles. The van der Waals surface area contributed by atoms with Crippen molar-refractivity contribution >= 4 is 51.7 Å². The first kappa shape index (κ1) is 26.3. The second kappa shape index (κ2) is 10.4. The van der Waals surface area contributed by atoms with Crippen molar-refractivity contribution in [2.45, 2.75) is 26.0 Å². The van der Waals surface area contributed by atoms with E-state index >= 15 is 0 Å². The smallest absolute Gasteiger partial charge is 0.339 e. The Bertz CT molecular complexity index is 2030. The quantitative estimate of drug-likeness (QED) is 0.171. The molecule has 216 valence electrons. The first-order valence-corrected chi connectivity index (χ1v) is 15.0. The van der Waals surface area contributed by atoms with Crippen LogP contribution < -0.4 is 9.47 Å². The van der Waals surface area contributed by atoms with Gasteiger partial charge in [-0.3, -0.25) is 14.5 Å². The molecular formula is C34H23N3O6S. The summed E-state index contributed by atoms with van der Waals surface area (Å²) in [5, 5.41) is 3.10. The summed E-state index contributed by atoms with van der Waals surface area (Å²) in [6.07, 6.45) is 3.48. The summed E-state index contributed by atoms with van der Waals surface area (Å²) < 4.78 is 16.8. The Labute approximate surface area is 255 Å². The van der Waals surface area contributed by atoms with E-state index in [1.165, 1.54) is 16.2 Å². The summed E-state index contributed by atoms with van der Waals surface area (Å²) in [5.74, 6) is 0.323. The van der Waals surface area contributed by atoms with Crippen molar-refractivity contribution in [3.05, 3.63) is 116 Å². The molecule has 10 heteroatoms. The highest BCUT2D eigenvalue weighted by Crippen LogP contribution is 2.39. The van der Waals surface area contributed by atoms with E-state index in [1.807, 2.05) is 42.5 Å². The molecule has 1 aliphatic carbocycles. The Morgan fingerprint density at radius 1 is 0.932 bits per heavy atom. The third kappa shape index (κ3) is 4.42. The van der Waals surface area contributed by atoms with Gasteiger partial charge in [-0.15, -0.1) is 11.3 Å². The molecule has 4 heterocycles. The minimum Gasteiger partial charge on any atom is -0.456 e. The summed E-state index contributed by atoms with van der Waals surface area (Å²) in [4.78, 5) is 49.9. The Kier molecular flexibility index (Phi) is 6.23. The second-order valence-corrected chi connectivity index (χ2v) is 11.6. The minimum absolute atomic E-state index is 0.0389. The topological polar surface area (TPSA) is 108 Å². The lowest BCUT2D eigenvalue weighted by Gasteiger charge is -2.12. The van der Waals surface area contributed by atoms with E-state index in [4.69, 9.17) is 19.2 Å². The Morgan fingerprint density at radius 2 is 1.70 bits per heavy atom. The van der Waals surface area contributed by atoms with Gasteiger partial charge in [0.1, 0.15) is 11.6 Å². The monoisotopic (exact) mass is 601 g/mol. The number of hydrogen-bond donors (Lipinski definition) is 0. The van der Waals surface area contributed by atoms with E-state index in [0.29, 0.717) is 45.1 Å². The zero-order valence-corrected chi connectivity index (χ0v) is 24.1. The number of imide groups is 1. The zero-order chi connectivity index (χ0) is 29.8. The number of carbonyl (C=O) groups excluding carboxylic acids is 3. The van der Waals surface area contributed by atoms with Gasteiger partial charge in [0.05, 0.1) is 40.1 Å². The molecule has 0 saturated heterocycles. The molecule has 5 aromatic rings. The molecule has 0 atom stereocenters. The minimum atomic E-state index is -0.445. The van der Waals surface area contributed by atoms with Crippen LogP contribution in [0.25, 0.3) is 22.6 Å². The van der Waals surface area contributed by atoms with Crippen molar-refractivity contribution in [2.75, 3.05) is 6.79 Å². The molecule has 8 rings (SSSR count). The van der Waals surface area contributed by atoms with Crippen molar-refractivity contribution in [1.82, 2.24) is 14.9 Å². The first-order chi connectivity index (χ1) is 21.5. The third-order valence-electron chi connectivity index (χ3n) is 8.01. The molecule has 0 unspecified atom stereocenters. The standard InChI is InChI=1S/C34H23N3O6S/c38-32-22-5-1-2-6-23(22)33(39)37(32)15-29-35-21(17-44-29)16-41-34(40)30-24-7-3-4-8-26(24)36-31-20(10-11-25(30)31)13-19-9-12-27-28(14-19)43-18-42-27/h1-9,12-14,17H,10-11,15-16,18H2/b20-13-. The van der Waals surface area contributed by atoms with Gasteiger partial charge < -0.3 is 14.2 Å². The number of thiazole rings is 1. The third-order valence-corrected chi connectivity index (χ3v) is 8.89. The van der Waals surface area contributed by atoms with Crippen LogP contribution in [0.2, 0.25) is 0 Å². The molecule has 3 aromatic carbocycles. The number of nitrogens with zero attached hydrogens (tertiary/aromatic N) is 3.